The number of rotatable bonds is 5. The Balaban J connectivity index is 2.70. The highest BCUT2D eigenvalue weighted by Gasteiger charge is 2.13. The Morgan fingerprint density at radius 1 is 1.67 bits per heavy atom. The monoisotopic (exact) mass is 263 g/mol. The lowest BCUT2D eigenvalue weighted by atomic mass is 10.2. The van der Waals surface area contributed by atoms with E-state index in [0.29, 0.717) is 22.8 Å². The molecule has 0 aliphatic rings. The molecule has 1 aromatic carbocycles. The van der Waals surface area contributed by atoms with Gasteiger partial charge in [-0.1, -0.05) is 17.7 Å². The van der Waals surface area contributed by atoms with E-state index in [0.717, 1.165) is 0 Å². The van der Waals surface area contributed by atoms with Gasteiger partial charge < -0.3 is 10.6 Å². The normalized spacial score (nSPS) is 11.2. The average molecular weight is 264 g/mol. The minimum Gasteiger partial charge on any atom is -0.373 e. The topological polar surface area (TPSA) is 64.9 Å². The van der Waals surface area contributed by atoms with Gasteiger partial charge in [0, 0.05) is 6.54 Å². The Morgan fingerprint density at radius 3 is 2.94 bits per heavy atom. The molecular weight excluding hydrogens is 250 g/mol. The summed E-state index contributed by atoms with van der Waals surface area (Å²) in [5.41, 5.74) is 1.10. The van der Waals surface area contributed by atoms with Crippen molar-refractivity contribution in [3.63, 3.8) is 0 Å². The van der Waals surface area contributed by atoms with Crippen LogP contribution in [0, 0.1) is 11.3 Å². The maximum atomic E-state index is 11.6. The number of halogens is 1. The van der Waals surface area contributed by atoms with Crippen LogP contribution in [0.4, 0.5) is 5.69 Å². The van der Waals surface area contributed by atoms with Gasteiger partial charge in [0.1, 0.15) is 6.04 Å². The SMILES string of the molecule is C=CCNC(=O)C(C)Nc1ccc(C#N)cc1Cl. The minimum absolute atomic E-state index is 0.143. The first kappa shape index (κ1) is 14.1. The third-order valence-corrected chi connectivity index (χ3v) is 2.60. The summed E-state index contributed by atoms with van der Waals surface area (Å²) < 4.78 is 0. The average Bonchev–Trinajstić information content (AvgIpc) is 2.38. The predicted molar refractivity (Wildman–Crippen MR) is 72.5 cm³/mol. The first-order chi connectivity index (χ1) is 8.58. The van der Waals surface area contributed by atoms with Crippen molar-refractivity contribution in [1.29, 1.82) is 5.26 Å². The van der Waals surface area contributed by atoms with Crippen molar-refractivity contribution in [3.05, 3.63) is 41.4 Å². The van der Waals surface area contributed by atoms with Gasteiger partial charge in [-0.15, -0.1) is 6.58 Å². The summed E-state index contributed by atoms with van der Waals surface area (Å²) in [6, 6.07) is 6.45. The number of nitrogens with one attached hydrogen (secondary N) is 2. The summed E-state index contributed by atoms with van der Waals surface area (Å²) >= 11 is 6.00. The molecule has 18 heavy (non-hydrogen) atoms. The largest absolute Gasteiger partial charge is 0.373 e. The number of carbonyl (C=O) groups is 1. The number of nitrogens with zero attached hydrogens (tertiary/aromatic N) is 1. The summed E-state index contributed by atoms with van der Waals surface area (Å²) in [6.07, 6.45) is 1.61. The van der Waals surface area contributed by atoms with Crippen LogP contribution in [-0.4, -0.2) is 18.5 Å². The second-order valence-electron chi connectivity index (χ2n) is 3.71. The Kier molecular flexibility index (Phi) is 5.22. The van der Waals surface area contributed by atoms with Crippen molar-refractivity contribution < 1.29 is 4.79 Å². The zero-order valence-electron chi connectivity index (χ0n) is 10.0. The molecule has 5 heteroatoms. The summed E-state index contributed by atoms with van der Waals surface area (Å²) in [5, 5.41) is 14.8. The first-order valence-corrected chi connectivity index (χ1v) is 5.81. The molecule has 0 aliphatic carbocycles. The van der Waals surface area contributed by atoms with Gasteiger partial charge in [-0.05, 0) is 25.1 Å². The molecule has 0 bridgehead atoms. The Bertz CT molecular complexity index is 493. The molecule has 4 nitrogen and oxygen atoms in total. The molecule has 1 amide bonds. The number of carbonyl (C=O) groups excluding carboxylic acids is 1. The lowest BCUT2D eigenvalue weighted by Gasteiger charge is -2.15. The molecular formula is C13H14ClN3O. The highest BCUT2D eigenvalue weighted by molar-refractivity contribution is 6.33. The zero-order chi connectivity index (χ0) is 13.5. The van der Waals surface area contributed by atoms with E-state index in [1.807, 2.05) is 6.07 Å². The quantitative estimate of drug-likeness (QED) is 0.802. The van der Waals surface area contributed by atoms with Crippen LogP contribution < -0.4 is 10.6 Å². The van der Waals surface area contributed by atoms with Crippen molar-refractivity contribution in [1.82, 2.24) is 5.32 Å². The van der Waals surface area contributed by atoms with Crippen LogP contribution in [0.15, 0.2) is 30.9 Å². The standard InChI is InChI=1S/C13H14ClN3O/c1-3-6-16-13(18)9(2)17-12-5-4-10(8-15)7-11(12)14/h3-5,7,9,17H,1,6H2,2H3,(H,16,18). The van der Waals surface area contributed by atoms with Gasteiger partial charge in [0.15, 0.2) is 0 Å². The van der Waals surface area contributed by atoms with Crippen LogP contribution in [0.5, 0.6) is 0 Å². The van der Waals surface area contributed by atoms with Gasteiger partial charge in [0.25, 0.3) is 0 Å². The molecule has 0 saturated carbocycles. The molecule has 1 atom stereocenters. The number of benzene rings is 1. The van der Waals surface area contributed by atoms with Gasteiger partial charge >= 0.3 is 0 Å². The van der Waals surface area contributed by atoms with Gasteiger partial charge in [-0.25, -0.2) is 0 Å². The molecule has 2 N–H and O–H groups in total. The fraction of sp³-hybridized carbons (Fsp3) is 0.231. The third kappa shape index (κ3) is 3.79. The highest BCUT2D eigenvalue weighted by atomic mass is 35.5. The van der Waals surface area contributed by atoms with Crippen molar-refractivity contribution in [3.8, 4) is 6.07 Å². The Labute approximate surface area is 111 Å². The van der Waals surface area contributed by atoms with E-state index in [1.54, 1.807) is 31.2 Å². The summed E-state index contributed by atoms with van der Waals surface area (Å²) in [5.74, 6) is -0.143. The van der Waals surface area contributed by atoms with Crippen LogP contribution in [0.3, 0.4) is 0 Å². The molecule has 94 valence electrons. The van der Waals surface area contributed by atoms with E-state index in [1.165, 1.54) is 0 Å². The van der Waals surface area contributed by atoms with Crippen molar-refractivity contribution >= 4 is 23.2 Å². The Hall–Kier alpha value is -1.99. The number of anilines is 1. The van der Waals surface area contributed by atoms with Gasteiger partial charge in [-0.3, -0.25) is 4.79 Å². The van der Waals surface area contributed by atoms with Gasteiger partial charge in [0.05, 0.1) is 22.3 Å². The smallest absolute Gasteiger partial charge is 0.242 e. The van der Waals surface area contributed by atoms with Crippen LogP contribution in [-0.2, 0) is 4.79 Å². The number of nitriles is 1. The third-order valence-electron chi connectivity index (χ3n) is 2.28. The van der Waals surface area contributed by atoms with Gasteiger partial charge in [0.2, 0.25) is 5.91 Å². The summed E-state index contributed by atoms with van der Waals surface area (Å²) in [7, 11) is 0. The van der Waals surface area contributed by atoms with Crippen molar-refractivity contribution in [2.75, 3.05) is 11.9 Å². The fourth-order valence-electron chi connectivity index (χ4n) is 1.33. The van der Waals surface area contributed by atoms with E-state index >= 15 is 0 Å². The van der Waals surface area contributed by atoms with Crippen molar-refractivity contribution in [2.24, 2.45) is 0 Å². The van der Waals surface area contributed by atoms with Crippen LogP contribution in [0.1, 0.15) is 12.5 Å². The molecule has 1 rings (SSSR count). The van der Waals surface area contributed by atoms with E-state index in [2.05, 4.69) is 17.2 Å². The Morgan fingerprint density at radius 2 is 2.39 bits per heavy atom. The summed E-state index contributed by atoms with van der Waals surface area (Å²) in [4.78, 5) is 11.6. The minimum atomic E-state index is -0.421. The lowest BCUT2D eigenvalue weighted by molar-refractivity contribution is -0.121. The molecule has 0 radical (unpaired) electrons. The van der Waals surface area contributed by atoms with E-state index in [-0.39, 0.29) is 5.91 Å². The van der Waals surface area contributed by atoms with Crippen LogP contribution in [0.25, 0.3) is 0 Å². The number of hydrogen-bond donors (Lipinski definition) is 2. The number of amides is 1. The number of hydrogen-bond acceptors (Lipinski definition) is 3. The molecule has 1 unspecified atom stereocenters. The summed E-state index contributed by atoms with van der Waals surface area (Å²) in [6.45, 7) is 5.67. The van der Waals surface area contributed by atoms with E-state index < -0.39 is 6.04 Å². The van der Waals surface area contributed by atoms with E-state index in [4.69, 9.17) is 16.9 Å². The molecule has 0 aliphatic heterocycles. The maximum absolute atomic E-state index is 11.6. The van der Waals surface area contributed by atoms with Crippen LogP contribution >= 0.6 is 11.6 Å². The first-order valence-electron chi connectivity index (χ1n) is 5.43. The molecule has 0 spiro atoms. The second-order valence-corrected chi connectivity index (χ2v) is 4.11. The van der Waals surface area contributed by atoms with Crippen LogP contribution in [0.2, 0.25) is 5.02 Å². The fourth-order valence-corrected chi connectivity index (χ4v) is 1.56. The highest BCUT2D eigenvalue weighted by Crippen LogP contribution is 2.23. The predicted octanol–water partition coefficient (Wildman–Crippen LogP) is 2.31. The second kappa shape index (κ2) is 6.67. The molecule has 0 aromatic heterocycles. The molecule has 0 heterocycles. The maximum Gasteiger partial charge on any atom is 0.242 e. The van der Waals surface area contributed by atoms with Crippen molar-refractivity contribution in [2.45, 2.75) is 13.0 Å². The molecule has 1 aromatic rings. The molecule has 0 fully saturated rings. The zero-order valence-corrected chi connectivity index (χ0v) is 10.8. The van der Waals surface area contributed by atoms with E-state index in [9.17, 15) is 4.79 Å². The lowest BCUT2D eigenvalue weighted by Crippen LogP contribution is -2.37. The molecule has 0 saturated heterocycles. The van der Waals surface area contributed by atoms with Gasteiger partial charge in [-0.2, -0.15) is 5.26 Å².